The lowest BCUT2D eigenvalue weighted by Gasteiger charge is -2.11. The monoisotopic (exact) mass is 162 g/mol. The van der Waals surface area contributed by atoms with Gasteiger partial charge in [-0.3, -0.25) is 5.32 Å². The van der Waals surface area contributed by atoms with Gasteiger partial charge in [0.25, 0.3) is 0 Å². The molecule has 2 rings (SSSR count). The van der Waals surface area contributed by atoms with Crippen molar-refractivity contribution < 1.29 is 0 Å². The molecule has 0 aromatic heterocycles. The van der Waals surface area contributed by atoms with Crippen molar-refractivity contribution in [3.8, 4) is 0 Å². The lowest BCUT2D eigenvalue weighted by molar-refractivity contribution is 0.656. The second kappa shape index (κ2) is 3.34. The van der Waals surface area contributed by atoms with E-state index in [2.05, 4.69) is 18.3 Å². The molecule has 1 nitrogen and oxygen atoms in total. The van der Waals surface area contributed by atoms with Crippen LogP contribution >= 0.6 is 0 Å². The Morgan fingerprint density at radius 3 is 2.92 bits per heavy atom. The van der Waals surface area contributed by atoms with Gasteiger partial charge in [-0.25, -0.2) is 0 Å². The largest absolute Gasteiger partial charge is 0.258 e. The number of allylic oxidation sites excluding steroid dienone is 4. The minimum atomic E-state index is 1.16. The molecule has 1 heterocycles. The Labute approximate surface area is 74.5 Å². The van der Waals surface area contributed by atoms with Crippen LogP contribution in [0.25, 0.3) is 0 Å². The summed E-state index contributed by atoms with van der Waals surface area (Å²) in [5.41, 5.74) is 4.25. The molecule has 1 heteroatoms. The van der Waals surface area contributed by atoms with Crippen LogP contribution in [0.5, 0.6) is 0 Å². The quantitative estimate of drug-likeness (QED) is 0.592. The normalized spacial score (nSPS) is 21.9. The second-order valence-electron chi connectivity index (χ2n) is 3.68. The number of hydrogen-bond acceptors (Lipinski definition) is 0. The summed E-state index contributed by atoms with van der Waals surface area (Å²) in [6.07, 6.45) is 9.89. The Balaban J connectivity index is 2.03. The average Bonchev–Trinajstić information content (AvgIpc) is 2.47. The molecule has 0 aromatic rings. The maximum atomic E-state index is 4.64. The van der Waals surface area contributed by atoms with Crippen molar-refractivity contribution >= 4 is 0 Å². The minimum absolute atomic E-state index is 1.16. The molecule has 65 valence electrons. The standard InChI is InChI=1S/C11H16N/c1-2-5-10-8-9-6-3-4-7-11(9)12-10/h8H,2-7H2,1H3. The van der Waals surface area contributed by atoms with Gasteiger partial charge in [-0.15, -0.1) is 0 Å². The summed E-state index contributed by atoms with van der Waals surface area (Å²) in [5, 5.41) is 4.64. The number of rotatable bonds is 2. The molecule has 0 aromatic carbocycles. The van der Waals surface area contributed by atoms with E-state index in [1.807, 2.05) is 0 Å². The summed E-state index contributed by atoms with van der Waals surface area (Å²) >= 11 is 0. The van der Waals surface area contributed by atoms with Crippen molar-refractivity contribution in [3.05, 3.63) is 23.0 Å². The summed E-state index contributed by atoms with van der Waals surface area (Å²) in [7, 11) is 0. The van der Waals surface area contributed by atoms with Gasteiger partial charge in [0.1, 0.15) is 0 Å². The Hall–Kier alpha value is -0.720. The van der Waals surface area contributed by atoms with Crippen molar-refractivity contribution in [2.45, 2.75) is 45.4 Å². The molecule has 0 saturated carbocycles. The Bertz CT molecular complexity index is 235. The van der Waals surface area contributed by atoms with Gasteiger partial charge in [-0.05, 0) is 43.8 Å². The Morgan fingerprint density at radius 1 is 1.33 bits per heavy atom. The number of nitrogens with zero attached hydrogens (tertiary/aromatic N) is 1. The van der Waals surface area contributed by atoms with Crippen LogP contribution in [0.1, 0.15) is 45.4 Å². The second-order valence-corrected chi connectivity index (χ2v) is 3.68. The molecular weight excluding hydrogens is 146 g/mol. The van der Waals surface area contributed by atoms with E-state index in [-0.39, 0.29) is 0 Å². The van der Waals surface area contributed by atoms with E-state index in [1.165, 1.54) is 49.1 Å². The van der Waals surface area contributed by atoms with E-state index in [1.54, 1.807) is 0 Å². The van der Waals surface area contributed by atoms with E-state index in [4.69, 9.17) is 0 Å². The van der Waals surface area contributed by atoms with Crippen molar-refractivity contribution in [1.29, 1.82) is 0 Å². The summed E-state index contributed by atoms with van der Waals surface area (Å²) in [6.45, 7) is 2.22. The van der Waals surface area contributed by atoms with Gasteiger partial charge >= 0.3 is 0 Å². The van der Waals surface area contributed by atoms with Crippen LogP contribution in [0.3, 0.4) is 0 Å². The highest BCUT2D eigenvalue weighted by atomic mass is 14.9. The van der Waals surface area contributed by atoms with Crippen LogP contribution in [0.15, 0.2) is 23.0 Å². The van der Waals surface area contributed by atoms with E-state index in [9.17, 15) is 0 Å². The van der Waals surface area contributed by atoms with Gasteiger partial charge in [0.15, 0.2) is 0 Å². The highest BCUT2D eigenvalue weighted by Crippen LogP contribution is 2.31. The smallest absolute Gasteiger partial charge is 0.0439 e. The zero-order valence-electron chi connectivity index (χ0n) is 7.77. The van der Waals surface area contributed by atoms with E-state index in [0.29, 0.717) is 0 Å². The molecule has 1 aliphatic heterocycles. The lowest BCUT2D eigenvalue weighted by Crippen LogP contribution is -2.03. The highest BCUT2D eigenvalue weighted by Gasteiger charge is 2.18. The zero-order valence-corrected chi connectivity index (χ0v) is 7.77. The predicted molar refractivity (Wildman–Crippen MR) is 50.6 cm³/mol. The van der Waals surface area contributed by atoms with Crippen molar-refractivity contribution in [3.63, 3.8) is 0 Å². The van der Waals surface area contributed by atoms with Gasteiger partial charge in [-0.1, -0.05) is 13.3 Å². The van der Waals surface area contributed by atoms with Gasteiger partial charge in [-0.2, -0.15) is 0 Å². The fourth-order valence-corrected chi connectivity index (χ4v) is 1.99. The van der Waals surface area contributed by atoms with E-state index in [0.717, 1.165) is 6.42 Å². The number of hydrogen-bond donors (Lipinski definition) is 0. The summed E-state index contributed by atoms with van der Waals surface area (Å²) in [4.78, 5) is 0. The molecule has 0 fully saturated rings. The molecule has 0 bridgehead atoms. The summed E-state index contributed by atoms with van der Waals surface area (Å²) in [6, 6.07) is 0. The van der Waals surface area contributed by atoms with E-state index >= 15 is 0 Å². The zero-order chi connectivity index (χ0) is 8.39. The van der Waals surface area contributed by atoms with Crippen LogP contribution in [-0.2, 0) is 0 Å². The first-order valence-corrected chi connectivity index (χ1v) is 5.04. The molecule has 1 aliphatic carbocycles. The molecule has 12 heavy (non-hydrogen) atoms. The van der Waals surface area contributed by atoms with Crippen molar-refractivity contribution in [2.24, 2.45) is 0 Å². The average molecular weight is 162 g/mol. The first kappa shape index (κ1) is 7.90. The van der Waals surface area contributed by atoms with E-state index < -0.39 is 0 Å². The Kier molecular flexibility index (Phi) is 2.20. The van der Waals surface area contributed by atoms with Crippen LogP contribution in [0.4, 0.5) is 0 Å². The maximum absolute atomic E-state index is 4.64. The molecule has 1 radical (unpaired) electrons. The van der Waals surface area contributed by atoms with Crippen molar-refractivity contribution in [1.82, 2.24) is 5.32 Å². The fourth-order valence-electron chi connectivity index (χ4n) is 1.99. The summed E-state index contributed by atoms with van der Waals surface area (Å²) < 4.78 is 0. The van der Waals surface area contributed by atoms with Gasteiger partial charge in [0.2, 0.25) is 0 Å². The fraction of sp³-hybridized carbons (Fsp3) is 0.636. The highest BCUT2D eigenvalue weighted by molar-refractivity contribution is 5.37. The summed E-state index contributed by atoms with van der Waals surface area (Å²) in [5.74, 6) is 0. The molecular formula is C11H16N. The third-order valence-electron chi connectivity index (χ3n) is 2.61. The third-order valence-corrected chi connectivity index (χ3v) is 2.61. The molecule has 0 saturated heterocycles. The van der Waals surface area contributed by atoms with Gasteiger partial charge in [0.05, 0.1) is 0 Å². The first-order valence-electron chi connectivity index (χ1n) is 5.04. The molecule has 0 amide bonds. The SMILES string of the molecule is CCCC1=CC2=C(CCCC2)[N]1. The third kappa shape index (κ3) is 1.40. The maximum Gasteiger partial charge on any atom is 0.0439 e. The molecule has 0 unspecified atom stereocenters. The molecule has 0 spiro atoms. The van der Waals surface area contributed by atoms with Gasteiger partial charge < -0.3 is 0 Å². The van der Waals surface area contributed by atoms with Crippen LogP contribution in [-0.4, -0.2) is 0 Å². The molecule has 2 aliphatic rings. The minimum Gasteiger partial charge on any atom is -0.258 e. The Morgan fingerprint density at radius 2 is 2.17 bits per heavy atom. The van der Waals surface area contributed by atoms with Crippen LogP contribution in [0, 0.1) is 0 Å². The lowest BCUT2D eigenvalue weighted by atomic mass is 9.98. The molecule has 0 N–H and O–H groups in total. The van der Waals surface area contributed by atoms with Gasteiger partial charge in [0, 0.05) is 11.4 Å². The first-order chi connectivity index (χ1) is 5.90. The van der Waals surface area contributed by atoms with Crippen LogP contribution in [0.2, 0.25) is 0 Å². The topological polar surface area (TPSA) is 14.1 Å². The van der Waals surface area contributed by atoms with Crippen LogP contribution < -0.4 is 5.32 Å². The predicted octanol–water partition coefficient (Wildman–Crippen LogP) is 3.12. The van der Waals surface area contributed by atoms with Crippen molar-refractivity contribution in [2.75, 3.05) is 0 Å². The molecule has 0 atom stereocenters.